The van der Waals surface area contributed by atoms with E-state index in [0.29, 0.717) is 0 Å². The van der Waals surface area contributed by atoms with Crippen molar-refractivity contribution < 1.29 is 82.7 Å². The molecule has 0 bridgehead atoms. The van der Waals surface area contributed by atoms with Crippen molar-refractivity contribution in [1.29, 1.82) is 0 Å². The molecule has 0 saturated heterocycles. The van der Waals surface area contributed by atoms with Gasteiger partial charge in [0.25, 0.3) is 0 Å². The van der Waals surface area contributed by atoms with Crippen molar-refractivity contribution in [1.82, 2.24) is 42.5 Å². The number of nitrogens with two attached hydrogens (primary N) is 8. The topological polar surface area (TPSA) is 414 Å². The Balaban J connectivity index is -0.000000243. The Morgan fingerprint density at radius 2 is 0.346 bits per heavy atom. The summed E-state index contributed by atoms with van der Waals surface area (Å²) in [5, 5.41) is 106. The van der Waals surface area contributed by atoms with E-state index in [1.54, 1.807) is 0 Å². The van der Waals surface area contributed by atoms with E-state index in [1.165, 1.54) is 0 Å². The van der Waals surface area contributed by atoms with Crippen LogP contribution in [0.2, 0.25) is 0 Å². The molecule has 0 aromatic heterocycles. The van der Waals surface area contributed by atoms with Crippen LogP contribution in [-0.4, -0.2) is 84.1 Å². The van der Waals surface area contributed by atoms with Gasteiger partial charge in [0, 0.05) is 0 Å². The van der Waals surface area contributed by atoms with Crippen molar-refractivity contribution in [2.24, 2.45) is 0 Å². The molecule has 8 aliphatic heterocycles. The van der Waals surface area contributed by atoms with Crippen LogP contribution < -0.4 is 125 Å². The van der Waals surface area contributed by atoms with Crippen LogP contribution in [-0.2, 0) is 0 Å². The van der Waals surface area contributed by atoms with Crippen LogP contribution in [0.1, 0.15) is 0 Å². The average Bonchev–Trinajstić information content (AvgIpc) is 4.06. The van der Waals surface area contributed by atoms with Gasteiger partial charge in [-0.2, -0.15) is 0 Å². The van der Waals surface area contributed by atoms with Gasteiger partial charge in [-0.05, 0) is 0 Å². The van der Waals surface area contributed by atoms with Crippen LogP contribution in [0.5, 0.6) is 0 Å². The van der Waals surface area contributed by atoms with Gasteiger partial charge in [0.2, 0.25) is 0 Å². The molecular formula is C24H56B4N16O8. The highest BCUT2D eigenvalue weighted by Gasteiger charge is 1.87. The molecule has 24 N–H and O–H groups in total. The minimum Gasteiger partial charge on any atom is -0.900 e. The standard InChI is InChI=1S/8C3H6N2.4BO2/c8*1-2-5-3-4-1;4*2-1-3/h8*1-2,4-5H,3H2;;;;/q;;;;;;;;4*-2/p+8. The van der Waals surface area contributed by atoms with E-state index in [2.05, 4.69) is 85.1 Å². The summed E-state index contributed by atoms with van der Waals surface area (Å²) in [6.07, 6.45) is 31.4. The second kappa shape index (κ2) is 62.1. The number of hydrogen-bond donors (Lipinski definition) is 16. The molecule has 0 unspecified atom stereocenters. The van der Waals surface area contributed by atoms with Gasteiger partial charge in [-0.25, -0.2) is 30.7 Å². The second-order valence-electron chi connectivity index (χ2n) is 8.41. The Hall–Kier alpha value is -4.06. The van der Waals surface area contributed by atoms with Gasteiger partial charge in [-0.1, -0.05) is 0 Å². The summed E-state index contributed by atoms with van der Waals surface area (Å²) in [6.45, 7) is 8.11. The first-order valence-electron chi connectivity index (χ1n) is 15.6. The molecule has 8 heterocycles. The van der Waals surface area contributed by atoms with E-state index in [-0.39, 0.29) is 0 Å². The third-order valence-corrected chi connectivity index (χ3v) is 4.69. The van der Waals surface area contributed by atoms with Crippen molar-refractivity contribution in [2.45, 2.75) is 0 Å². The van der Waals surface area contributed by atoms with Crippen molar-refractivity contribution in [2.75, 3.05) is 53.3 Å². The van der Waals surface area contributed by atoms with E-state index in [4.69, 9.17) is 40.2 Å². The Morgan fingerprint density at radius 3 is 0.365 bits per heavy atom. The summed E-state index contributed by atoms with van der Waals surface area (Å²) in [6, 6.07) is 0. The lowest BCUT2D eigenvalue weighted by Gasteiger charge is -2.01. The molecule has 24 nitrogen and oxygen atoms in total. The predicted molar refractivity (Wildman–Crippen MR) is 176 cm³/mol. The van der Waals surface area contributed by atoms with Crippen LogP contribution in [0.4, 0.5) is 0 Å². The highest BCUT2D eigenvalue weighted by molar-refractivity contribution is 6.09. The van der Waals surface area contributed by atoms with Gasteiger partial charge in [0.15, 0.2) is 53.3 Å². The zero-order chi connectivity index (χ0) is 39.1. The molecule has 0 spiro atoms. The number of nitrogens with one attached hydrogen (secondary N) is 8. The summed E-state index contributed by atoms with van der Waals surface area (Å²) in [4.78, 5) is 0. The molecule has 0 fully saturated rings. The van der Waals surface area contributed by atoms with Gasteiger partial charge in [-0.3, -0.25) is 0 Å². The summed E-state index contributed by atoms with van der Waals surface area (Å²) in [5.41, 5.74) is 0. The molecule has 28 heteroatoms. The van der Waals surface area contributed by atoms with Crippen LogP contribution in [0.3, 0.4) is 0 Å². The van der Waals surface area contributed by atoms with Crippen molar-refractivity contribution in [3.63, 3.8) is 0 Å². The van der Waals surface area contributed by atoms with E-state index in [0.717, 1.165) is 53.3 Å². The van der Waals surface area contributed by atoms with E-state index in [1.807, 2.05) is 99.2 Å². The number of rotatable bonds is 0. The molecule has 0 saturated carbocycles. The summed E-state index contributed by atoms with van der Waals surface area (Å²) in [7, 11) is -2.00. The molecule has 0 aliphatic carbocycles. The van der Waals surface area contributed by atoms with Crippen molar-refractivity contribution >= 4 is 30.7 Å². The quantitative estimate of drug-likeness (QED) is 0.103. The van der Waals surface area contributed by atoms with E-state index < -0.39 is 30.7 Å². The Labute approximate surface area is 308 Å². The molecule has 0 atom stereocenters. The third-order valence-electron chi connectivity index (χ3n) is 4.69. The highest BCUT2D eigenvalue weighted by Crippen LogP contribution is 1.55. The van der Waals surface area contributed by atoms with Gasteiger partial charge in [-0.15, -0.1) is 0 Å². The lowest BCUT2D eigenvalue weighted by atomic mass is 10.5. The summed E-state index contributed by atoms with van der Waals surface area (Å²) in [5.74, 6) is 0. The molecule has 292 valence electrons. The van der Waals surface area contributed by atoms with Crippen LogP contribution in [0.25, 0.3) is 0 Å². The fraction of sp³-hybridized carbons (Fsp3) is 0.333. The predicted octanol–water partition coefficient (Wildman–Crippen LogP) is -22.4. The van der Waals surface area contributed by atoms with Crippen molar-refractivity contribution in [3.8, 4) is 0 Å². The normalized spacial score (nSPS) is 15.8. The Kier molecular flexibility index (Phi) is 65.3. The maximum atomic E-state index is 8.25. The monoisotopic (exact) mass is 740 g/mol. The number of hydrogen-bond acceptors (Lipinski definition) is 16. The summed E-state index contributed by atoms with van der Waals surface area (Å²) < 4.78 is 0. The fourth-order valence-corrected chi connectivity index (χ4v) is 2.72. The molecule has 0 aromatic rings. The first kappa shape index (κ1) is 54.7. The maximum absolute atomic E-state index is 8.25. The lowest BCUT2D eigenvalue weighted by Crippen LogP contribution is -2.77. The SMILES string of the molecule is C1=C[NH2+]CN1.C1=C[NH2+]CN1.C1=C[NH2+]CN1.C1=C[NH2+]CN1.C1=C[NH2+]CN1.C1=C[NH2+]CN1.C1=C[NH2+]CN1.C1=C[NH2+]CN1.[O-][B][O-].[O-][B][O-].[O-][B][O-].[O-][B][O-]. The first-order chi connectivity index (χ1) is 25.7. The minimum atomic E-state index is -0.500. The van der Waals surface area contributed by atoms with Crippen molar-refractivity contribution in [3.05, 3.63) is 99.2 Å². The largest absolute Gasteiger partial charge is 0.900 e. The average molecular weight is 740 g/mol. The second-order valence-corrected chi connectivity index (χ2v) is 8.41. The smallest absolute Gasteiger partial charge is 0.152 e. The molecule has 52 heavy (non-hydrogen) atoms. The number of quaternary nitrogens is 8. The Morgan fingerprint density at radius 1 is 0.250 bits per heavy atom. The molecule has 8 aliphatic rings. The van der Waals surface area contributed by atoms with Gasteiger partial charge >= 0.3 is 0 Å². The zero-order valence-corrected chi connectivity index (χ0v) is 29.1. The zero-order valence-electron chi connectivity index (χ0n) is 29.1. The minimum absolute atomic E-state index is 0.500. The van der Waals surface area contributed by atoms with E-state index >= 15 is 0 Å². The van der Waals surface area contributed by atoms with Crippen LogP contribution in [0, 0.1) is 0 Å². The van der Waals surface area contributed by atoms with Gasteiger partial charge in [0.1, 0.15) is 49.6 Å². The maximum Gasteiger partial charge on any atom is 0.152 e. The Bertz CT molecular complexity index is 638. The fourth-order valence-electron chi connectivity index (χ4n) is 2.72. The third kappa shape index (κ3) is 71.8. The van der Waals surface area contributed by atoms with E-state index in [9.17, 15) is 0 Å². The lowest BCUT2D eigenvalue weighted by molar-refractivity contribution is -0.581. The summed E-state index contributed by atoms with van der Waals surface area (Å²) >= 11 is 0. The van der Waals surface area contributed by atoms with Gasteiger partial charge in [0.05, 0.1) is 49.6 Å². The molecule has 4 radical (unpaired) electrons. The molecule has 0 aromatic carbocycles. The molecule has 0 amide bonds. The molecular weight excluding hydrogens is 684 g/mol. The first-order valence-corrected chi connectivity index (χ1v) is 15.6. The highest BCUT2D eigenvalue weighted by atomic mass is 16.4. The van der Waals surface area contributed by atoms with Gasteiger partial charge < -0.3 is 125 Å². The van der Waals surface area contributed by atoms with Crippen LogP contribution >= 0.6 is 0 Å². The molecule has 8 rings (SSSR count). The van der Waals surface area contributed by atoms with Crippen LogP contribution in [0.15, 0.2) is 99.2 Å².